The zero-order valence-corrected chi connectivity index (χ0v) is 13.8. The summed E-state index contributed by atoms with van der Waals surface area (Å²) in [6.07, 6.45) is 4.15. The third-order valence-electron chi connectivity index (χ3n) is 4.98. The number of ether oxygens (including phenoxy) is 3. The summed E-state index contributed by atoms with van der Waals surface area (Å²) < 4.78 is 17.8. The summed E-state index contributed by atoms with van der Waals surface area (Å²) in [7, 11) is 0. The number of aromatic nitrogens is 2. The van der Waals surface area contributed by atoms with Crippen LogP contribution in [0.3, 0.4) is 0 Å². The van der Waals surface area contributed by atoms with Crippen LogP contribution >= 0.6 is 0 Å². The number of carbonyl (C=O) groups excluding carboxylic acids is 1. The molecule has 4 aliphatic rings. The van der Waals surface area contributed by atoms with Crippen LogP contribution in [0.2, 0.25) is 0 Å². The van der Waals surface area contributed by atoms with Crippen molar-refractivity contribution in [2.75, 3.05) is 19.8 Å². The lowest BCUT2D eigenvalue weighted by atomic mass is 9.75. The smallest absolute Gasteiger partial charge is 0.327 e. The minimum Gasteiger partial charge on any atom is -0.488 e. The van der Waals surface area contributed by atoms with Crippen LogP contribution in [0.4, 0.5) is 0 Å². The summed E-state index contributed by atoms with van der Waals surface area (Å²) in [5, 5.41) is 4.37. The molecular formula is C17H22N2O5. The first kappa shape index (κ1) is 15.6. The number of carbonyl (C=O) groups is 1. The predicted octanol–water partition coefficient (Wildman–Crippen LogP) is 1.24. The second-order valence-electron chi connectivity index (χ2n) is 7.03. The van der Waals surface area contributed by atoms with Gasteiger partial charge in [0.05, 0.1) is 13.2 Å². The van der Waals surface area contributed by atoms with Crippen LogP contribution in [-0.2, 0) is 20.8 Å². The molecule has 0 N–H and O–H groups in total. The highest BCUT2D eigenvalue weighted by molar-refractivity contribution is 5.68. The van der Waals surface area contributed by atoms with E-state index < -0.39 is 5.97 Å². The van der Waals surface area contributed by atoms with Crippen LogP contribution < -0.4 is 10.3 Å². The Kier molecular flexibility index (Phi) is 3.83. The van der Waals surface area contributed by atoms with E-state index in [0.29, 0.717) is 24.2 Å². The topological polar surface area (TPSA) is 79.7 Å². The van der Waals surface area contributed by atoms with E-state index >= 15 is 0 Å². The summed E-state index contributed by atoms with van der Waals surface area (Å²) in [6, 6.07) is 1.45. The molecule has 0 radical (unpaired) electrons. The molecule has 7 nitrogen and oxygen atoms in total. The number of rotatable bonds is 7. The lowest BCUT2D eigenvalue weighted by molar-refractivity contribution is -0.144. The number of hydrogen-bond donors (Lipinski definition) is 0. The van der Waals surface area contributed by atoms with Gasteiger partial charge in [-0.3, -0.25) is 9.59 Å². The maximum atomic E-state index is 12.2. The van der Waals surface area contributed by atoms with E-state index in [1.165, 1.54) is 10.7 Å². The van der Waals surface area contributed by atoms with E-state index in [1.807, 2.05) is 0 Å². The maximum absolute atomic E-state index is 12.2. The van der Waals surface area contributed by atoms with Crippen molar-refractivity contribution in [2.24, 2.45) is 5.92 Å². The first-order valence-electron chi connectivity index (χ1n) is 8.63. The average molecular weight is 334 g/mol. The zero-order chi connectivity index (χ0) is 16.7. The molecule has 0 spiro atoms. The standard InChI is InChI=1S/C17H22N2O5/c1-2-22-15(21)8-19-14(20)5-13(16(18-19)12-3-4-12)23-10-17-6-11(7-17)9-24-17/h5,11-12H,2-4,6-10H2,1H3. The van der Waals surface area contributed by atoms with Crippen LogP contribution in [0.5, 0.6) is 5.75 Å². The maximum Gasteiger partial charge on any atom is 0.327 e. The monoisotopic (exact) mass is 334 g/mol. The average Bonchev–Trinajstić information content (AvgIpc) is 3.16. The molecule has 5 rings (SSSR count). The van der Waals surface area contributed by atoms with Crippen LogP contribution in [0.25, 0.3) is 0 Å². The van der Waals surface area contributed by atoms with Gasteiger partial charge in [-0.05, 0) is 38.5 Å². The molecule has 1 aromatic heterocycles. The van der Waals surface area contributed by atoms with Crippen molar-refractivity contribution in [3.05, 3.63) is 22.1 Å². The minimum absolute atomic E-state index is 0.161. The fourth-order valence-corrected chi connectivity index (χ4v) is 3.58. The van der Waals surface area contributed by atoms with Gasteiger partial charge in [0, 0.05) is 12.0 Å². The normalized spacial score (nSPS) is 27.6. The van der Waals surface area contributed by atoms with Gasteiger partial charge >= 0.3 is 5.97 Å². The third-order valence-corrected chi connectivity index (χ3v) is 4.98. The van der Waals surface area contributed by atoms with Gasteiger partial charge in [0.25, 0.3) is 5.56 Å². The van der Waals surface area contributed by atoms with Gasteiger partial charge in [-0.25, -0.2) is 4.68 Å². The lowest BCUT2D eigenvalue weighted by Gasteiger charge is -2.35. The third kappa shape index (κ3) is 2.92. The fraction of sp³-hybridized carbons (Fsp3) is 0.706. The van der Waals surface area contributed by atoms with Crippen molar-refractivity contribution in [1.29, 1.82) is 0 Å². The van der Waals surface area contributed by atoms with Crippen LogP contribution in [0.15, 0.2) is 10.9 Å². The summed E-state index contributed by atoms with van der Waals surface area (Å²) in [5.41, 5.74) is 0.258. The molecule has 2 saturated heterocycles. The van der Waals surface area contributed by atoms with Crippen molar-refractivity contribution >= 4 is 5.97 Å². The van der Waals surface area contributed by atoms with Crippen molar-refractivity contribution in [3.63, 3.8) is 0 Å². The van der Waals surface area contributed by atoms with E-state index in [1.54, 1.807) is 6.92 Å². The number of hydrogen-bond acceptors (Lipinski definition) is 6. The van der Waals surface area contributed by atoms with Crippen molar-refractivity contribution in [1.82, 2.24) is 9.78 Å². The number of nitrogens with zero attached hydrogens (tertiary/aromatic N) is 2. The molecule has 3 heterocycles. The van der Waals surface area contributed by atoms with E-state index in [4.69, 9.17) is 14.2 Å². The second-order valence-corrected chi connectivity index (χ2v) is 7.03. The van der Waals surface area contributed by atoms with Gasteiger partial charge in [-0.2, -0.15) is 5.10 Å². The molecule has 2 saturated carbocycles. The molecule has 1 aromatic rings. The number of fused-ring (bicyclic) bond motifs is 1. The minimum atomic E-state index is -0.457. The molecule has 7 heteroatoms. The highest BCUT2D eigenvalue weighted by Gasteiger charge is 2.52. The Hall–Kier alpha value is -1.89. The molecule has 24 heavy (non-hydrogen) atoms. The Bertz CT molecular complexity index is 698. The molecule has 0 aromatic carbocycles. The van der Waals surface area contributed by atoms with Gasteiger partial charge in [-0.15, -0.1) is 0 Å². The van der Waals surface area contributed by atoms with E-state index in [9.17, 15) is 9.59 Å². The Morgan fingerprint density at radius 1 is 1.46 bits per heavy atom. The predicted molar refractivity (Wildman–Crippen MR) is 84.0 cm³/mol. The lowest BCUT2D eigenvalue weighted by Crippen LogP contribution is -2.42. The first-order valence-corrected chi connectivity index (χ1v) is 8.63. The Morgan fingerprint density at radius 2 is 2.25 bits per heavy atom. The highest BCUT2D eigenvalue weighted by Crippen LogP contribution is 2.49. The Labute approximate surface area is 139 Å². The Morgan fingerprint density at radius 3 is 2.88 bits per heavy atom. The molecule has 2 bridgehead atoms. The first-order chi connectivity index (χ1) is 11.6. The molecule has 2 aliphatic heterocycles. The van der Waals surface area contributed by atoms with Gasteiger partial charge in [0.15, 0.2) is 0 Å². The molecular weight excluding hydrogens is 312 g/mol. The van der Waals surface area contributed by atoms with Gasteiger partial charge in [0.2, 0.25) is 0 Å². The fourth-order valence-electron chi connectivity index (χ4n) is 3.58. The molecule has 2 aliphatic carbocycles. The molecule has 0 amide bonds. The summed E-state index contributed by atoms with van der Waals surface area (Å²) in [4.78, 5) is 23.9. The molecule has 130 valence electrons. The van der Waals surface area contributed by atoms with Gasteiger partial charge in [-0.1, -0.05) is 0 Å². The summed E-state index contributed by atoms with van der Waals surface area (Å²) >= 11 is 0. The van der Waals surface area contributed by atoms with Crippen molar-refractivity contribution in [2.45, 2.75) is 50.7 Å². The van der Waals surface area contributed by atoms with Gasteiger partial charge in [0.1, 0.15) is 30.2 Å². The van der Waals surface area contributed by atoms with E-state index in [0.717, 1.165) is 38.0 Å². The highest BCUT2D eigenvalue weighted by atomic mass is 16.6. The quantitative estimate of drug-likeness (QED) is 0.698. The largest absolute Gasteiger partial charge is 0.488 e. The van der Waals surface area contributed by atoms with Crippen LogP contribution in [0.1, 0.15) is 44.2 Å². The summed E-state index contributed by atoms with van der Waals surface area (Å²) in [5.74, 6) is 1.06. The Balaban J connectivity index is 1.51. The molecule has 0 unspecified atom stereocenters. The summed E-state index contributed by atoms with van der Waals surface area (Å²) in [6.45, 7) is 3.13. The van der Waals surface area contributed by atoms with E-state index in [2.05, 4.69) is 5.10 Å². The van der Waals surface area contributed by atoms with Gasteiger partial charge < -0.3 is 14.2 Å². The van der Waals surface area contributed by atoms with Crippen LogP contribution in [0, 0.1) is 5.92 Å². The SMILES string of the molecule is CCOC(=O)Cn1nc(C2CC2)c(OCC23CC(CO2)C3)cc1=O. The van der Waals surface area contributed by atoms with E-state index in [-0.39, 0.29) is 24.3 Å². The zero-order valence-electron chi connectivity index (χ0n) is 13.8. The molecule has 0 atom stereocenters. The van der Waals surface area contributed by atoms with Crippen molar-refractivity contribution < 1.29 is 19.0 Å². The second kappa shape index (κ2) is 5.88. The number of esters is 1. The molecule has 4 fully saturated rings. The van der Waals surface area contributed by atoms with Crippen molar-refractivity contribution in [3.8, 4) is 5.75 Å². The van der Waals surface area contributed by atoms with Crippen LogP contribution in [-0.4, -0.2) is 41.2 Å².